The smallest absolute Gasteiger partial charge is 0.393 e. The van der Waals surface area contributed by atoms with E-state index < -0.39 is 17.6 Å². The largest absolute Gasteiger partial charge is 0.394 e. The van der Waals surface area contributed by atoms with E-state index in [1.165, 1.54) is 0 Å². The zero-order chi connectivity index (χ0) is 13.8. The van der Waals surface area contributed by atoms with Crippen LogP contribution in [0, 0.1) is 5.92 Å². The van der Waals surface area contributed by atoms with Crippen LogP contribution in [0.5, 0.6) is 0 Å². The van der Waals surface area contributed by atoms with Crippen molar-refractivity contribution in [2.75, 3.05) is 32.8 Å². The molecule has 1 aliphatic rings. The number of alkyl halides is 3. The van der Waals surface area contributed by atoms with Gasteiger partial charge in [-0.25, -0.2) is 0 Å². The number of aliphatic hydroxyl groups excluding tert-OH is 1. The third-order valence-electron chi connectivity index (χ3n) is 3.49. The average Bonchev–Trinajstić information content (AvgIpc) is 2.28. The van der Waals surface area contributed by atoms with Crippen molar-refractivity contribution in [2.24, 2.45) is 5.92 Å². The van der Waals surface area contributed by atoms with Crippen LogP contribution in [-0.2, 0) is 0 Å². The third-order valence-corrected chi connectivity index (χ3v) is 3.49. The molecule has 2 atom stereocenters. The van der Waals surface area contributed by atoms with E-state index in [4.69, 9.17) is 0 Å². The lowest BCUT2D eigenvalue weighted by Crippen LogP contribution is -2.56. The van der Waals surface area contributed by atoms with Crippen molar-refractivity contribution in [3.05, 3.63) is 0 Å². The highest BCUT2D eigenvalue weighted by Gasteiger charge is 2.42. The maximum absolute atomic E-state index is 12.7. The quantitative estimate of drug-likeness (QED) is 0.795. The van der Waals surface area contributed by atoms with E-state index >= 15 is 0 Å². The fourth-order valence-corrected chi connectivity index (χ4v) is 2.55. The predicted octanol–water partition coefficient (Wildman–Crippen LogP) is 1.62. The molecule has 6 heteroatoms. The highest BCUT2D eigenvalue weighted by Crippen LogP contribution is 2.33. The van der Waals surface area contributed by atoms with Gasteiger partial charge < -0.3 is 15.3 Å². The summed E-state index contributed by atoms with van der Waals surface area (Å²) in [5.74, 6) is -1.23. The summed E-state index contributed by atoms with van der Waals surface area (Å²) in [7, 11) is 0. The lowest BCUT2D eigenvalue weighted by atomic mass is 9.95. The van der Waals surface area contributed by atoms with Gasteiger partial charge >= 0.3 is 6.18 Å². The Hall–Kier alpha value is -0.330. The van der Waals surface area contributed by atoms with Gasteiger partial charge in [-0.3, -0.25) is 0 Å². The van der Waals surface area contributed by atoms with E-state index in [-0.39, 0.29) is 19.6 Å². The van der Waals surface area contributed by atoms with E-state index in [1.54, 1.807) is 4.90 Å². The second-order valence-corrected chi connectivity index (χ2v) is 5.36. The van der Waals surface area contributed by atoms with Crippen molar-refractivity contribution in [1.82, 2.24) is 10.2 Å². The number of nitrogens with one attached hydrogen (secondary N) is 1. The summed E-state index contributed by atoms with van der Waals surface area (Å²) >= 11 is 0. The Morgan fingerprint density at radius 1 is 1.39 bits per heavy atom. The lowest BCUT2D eigenvalue weighted by Gasteiger charge is -2.39. The van der Waals surface area contributed by atoms with Crippen LogP contribution < -0.4 is 5.32 Å². The number of nitrogens with zero attached hydrogens (tertiary/aromatic N) is 1. The number of aliphatic hydroxyl groups is 1. The van der Waals surface area contributed by atoms with Gasteiger partial charge in [-0.1, -0.05) is 6.92 Å². The van der Waals surface area contributed by atoms with E-state index in [2.05, 4.69) is 5.32 Å². The SMILES string of the molecule is CCNC(C)(CO)CN1CCCC(C(F)(F)F)C1. The molecule has 1 heterocycles. The van der Waals surface area contributed by atoms with Gasteiger partial charge in [0.05, 0.1) is 18.1 Å². The molecule has 1 fully saturated rings. The van der Waals surface area contributed by atoms with Gasteiger partial charge in [0.25, 0.3) is 0 Å². The Labute approximate surface area is 106 Å². The molecule has 0 aliphatic carbocycles. The molecule has 1 saturated heterocycles. The molecule has 0 bridgehead atoms. The van der Waals surface area contributed by atoms with E-state index in [9.17, 15) is 18.3 Å². The van der Waals surface area contributed by atoms with Crippen molar-refractivity contribution in [1.29, 1.82) is 0 Å². The van der Waals surface area contributed by atoms with E-state index in [1.807, 2.05) is 13.8 Å². The second-order valence-electron chi connectivity index (χ2n) is 5.36. The number of hydrogen-bond donors (Lipinski definition) is 2. The topological polar surface area (TPSA) is 35.5 Å². The molecule has 3 nitrogen and oxygen atoms in total. The van der Waals surface area contributed by atoms with Crippen molar-refractivity contribution >= 4 is 0 Å². The normalized spacial score (nSPS) is 26.0. The number of halogens is 3. The molecule has 2 N–H and O–H groups in total. The monoisotopic (exact) mass is 268 g/mol. The lowest BCUT2D eigenvalue weighted by molar-refractivity contribution is -0.187. The molecule has 0 amide bonds. The van der Waals surface area contributed by atoms with Crippen LogP contribution in [0.25, 0.3) is 0 Å². The Morgan fingerprint density at radius 2 is 2.06 bits per heavy atom. The van der Waals surface area contributed by atoms with Crippen LogP contribution in [0.15, 0.2) is 0 Å². The first kappa shape index (κ1) is 15.7. The Bertz CT molecular complexity index is 260. The third kappa shape index (κ3) is 4.40. The summed E-state index contributed by atoms with van der Waals surface area (Å²) < 4.78 is 38.1. The molecule has 1 rings (SSSR count). The summed E-state index contributed by atoms with van der Waals surface area (Å²) in [4.78, 5) is 1.81. The molecule has 1 aliphatic heterocycles. The summed E-state index contributed by atoms with van der Waals surface area (Å²) in [5, 5.41) is 12.5. The highest BCUT2D eigenvalue weighted by molar-refractivity contribution is 4.88. The summed E-state index contributed by atoms with van der Waals surface area (Å²) in [6, 6.07) is 0. The molecule has 108 valence electrons. The van der Waals surface area contributed by atoms with Gasteiger partial charge in [0.2, 0.25) is 0 Å². The van der Waals surface area contributed by atoms with Gasteiger partial charge in [-0.05, 0) is 32.9 Å². The maximum atomic E-state index is 12.7. The predicted molar refractivity (Wildman–Crippen MR) is 64.4 cm³/mol. The Morgan fingerprint density at radius 3 is 2.56 bits per heavy atom. The molecule has 18 heavy (non-hydrogen) atoms. The molecule has 0 spiro atoms. The molecular formula is C12H23F3N2O. The minimum absolute atomic E-state index is 0.0461. The molecule has 0 saturated carbocycles. The minimum atomic E-state index is -4.10. The van der Waals surface area contributed by atoms with Gasteiger partial charge in [0.15, 0.2) is 0 Å². The molecular weight excluding hydrogens is 245 g/mol. The first-order chi connectivity index (χ1) is 8.30. The molecule has 0 aromatic heterocycles. The van der Waals surface area contributed by atoms with Crippen molar-refractivity contribution in [3.8, 4) is 0 Å². The van der Waals surface area contributed by atoms with Crippen LogP contribution in [0.3, 0.4) is 0 Å². The molecule has 0 aromatic rings. The number of rotatable bonds is 5. The van der Waals surface area contributed by atoms with Crippen LogP contribution in [0.2, 0.25) is 0 Å². The number of piperidine rings is 1. The van der Waals surface area contributed by atoms with E-state index in [0.29, 0.717) is 26.1 Å². The number of likely N-dealkylation sites (tertiary alicyclic amines) is 1. The van der Waals surface area contributed by atoms with Crippen molar-refractivity contribution in [2.45, 2.75) is 38.4 Å². The first-order valence-electron chi connectivity index (χ1n) is 6.45. The fraction of sp³-hybridized carbons (Fsp3) is 1.00. The number of hydrogen-bond acceptors (Lipinski definition) is 3. The summed E-state index contributed by atoms with van der Waals surface area (Å²) in [6.45, 7) is 5.54. The zero-order valence-electron chi connectivity index (χ0n) is 11.1. The zero-order valence-corrected chi connectivity index (χ0v) is 11.1. The van der Waals surface area contributed by atoms with E-state index in [0.717, 1.165) is 0 Å². The summed E-state index contributed by atoms with van der Waals surface area (Å²) in [5.41, 5.74) is -0.526. The highest BCUT2D eigenvalue weighted by atomic mass is 19.4. The standard InChI is InChI=1S/C12H23F3N2O/c1-3-16-11(2,9-18)8-17-6-4-5-10(7-17)12(13,14)15/h10,16,18H,3-9H2,1-2H3. The van der Waals surface area contributed by atoms with Crippen LogP contribution >= 0.6 is 0 Å². The molecule has 2 unspecified atom stereocenters. The van der Waals surface area contributed by atoms with Gasteiger partial charge in [0, 0.05) is 13.1 Å². The van der Waals surface area contributed by atoms with Gasteiger partial charge in [0.1, 0.15) is 0 Å². The molecule has 0 radical (unpaired) electrons. The molecule has 0 aromatic carbocycles. The van der Waals surface area contributed by atoms with Gasteiger partial charge in [-0.2, -0.15) is 13.2 Å². The minimum Gasteiger partial charge on any atom is -0.394 e. The van der Waals surface area contributed by atoms with Crippen LogP contribution in [-0.4, -0.2) is 54.5 Å². The van der Waals surface area contributed by atoms with Crippen LogP contribution in [0.1, 0.15) is 26.7 Å². The fourth-order valence-electron chi connectivity index (χ4n) is 2.55. The Kier molecular flexibility index (Phi) is 5.43. The average molecular weight is 268 g/mol. The van der Waals surface area contributed by atoms with Gasteiger partial charge in [-0.15, -0.1) is 0 Å². The van der Waals surface area contributed by atoms with Crippen LogP contribution in [0.4, 0.5) is 13.2 Å². The second kappa shape index (κ2) is 6.21. The van der Waals surface area contributed by atoms with Crippen molar-refractivity contribution in [3.63, 3.8) is 0 Å². The maximum Gasteiger partial charge on any atom is 0.393 e. The number of likely N-dealkylation sites (N-methyl/N-ethyl adjacent to an activating group) is 1. The summed E-state index contributed by atoms with van der Waals surface area (Å²) in [6.07, 6.45) is -3.32. The Balaban J connectivity index is 2.56. The first-order valence-corrected chi connectivity index (χ1v) is 6.45. The van der Waals surface area contributed by atoms with Crippen molar-refractivity contribution < 1.29 is 18.3 Å².